The first kappa shape index (κ1) is 17.5. The van der Waals surface area contributed by atoms with E-state index < -0.39 is 20.6 Å². The molecule has 1 rings (SSSR count). The SMILES string of the molecule is Cc1nn(CC(=O)OCCS(=O)(=O)C(C)(C)C)c(C)c1N. The van der Waals surface area contributed by atoms with Gasteiger partial charge in [-0.1, -0.05) is 0 Å². The normalized spacial score (nSPS) is 12.4. The summed E-state index contributed by atoms with van der Waals surface area (Å²) in [5.41, 5.74) is 7.64. The van der Waals surface area contributed by atoms with Crippen molar-refractivity contribution >= 4 is 21.5 Å². The zero-order valence-electron chi connectivity index (χ0n) is 13.1. The van der Waals surface area contributed by atoms with E-state index in [4.69, 9.17) is 10.5 Å². The Hall–Kier alpha value is -1.57. The van der Waals surface area contributed by atoms with Crippen LogP contribution in [0.1, 0.15) is 32.2 Å². The minimum absolute atomic E-state index is 0.0839. The van der Waals surface area contributed by atoms with Crippen LogP contribution in [0.2, 0.25) is 0 Å². The largest absolute Gasteiger partial charge is 0.463 e. The predicted octanol–water partition coefficient (Wildman–Crippen LogP) is 0.839. The number of hydrogen-bond acceptors (Lipinski definition) is 6. The monoisotopic (exact) mass is 317 g/mol. The van der Waals surface area contributed by atoms with Crippen LogP contribution in [0.25, 0.3) is 0 Å². The molecule has 0 bridgehead atoms. The van der Waals surface area contributed by atoms with Crippen LogP contribution in [-0.2, 0) is 25.9 Å². The highest BCUT2D eigenvalue weighted by atomic mass is 32.2. The number of carbonyl (C=O) groups is 1. The maximum Gasteiger partial charge on any atom is 0.327 e. The first-order valence-corrected chi connectivity index (χ1v) is 8.28. The van der Waals surface area contributed by atoms with Gasteiger partial charge in [0, 0.05) is 0 Å². The van der Waals surface area contributed by atoms with E-state index in [1.807, 2.05) is 0 Å². The Balaban J connectivity index is 2.55. The van der Waals surface area contributed by atoms with E-state index in [-0.39, 0.29) is 18.9 Å². The number of ether oxygens (including phenoxy) is 1. The summed E-state index contributed by atoms with van der Waals surface area (Å²) in [5.74, 6) is -0.730. The summed E-state index contributed by atoms with van der Waals surface area (Å²) >= 11 is 0. The highest BCUT2D eigenvalue weighted by Gasteiger charge is 2.28. The molecule has 0 aromatic carbocycles. The number of hydrogen-bond donors (Lipinski definition) is 1. The van der Waals surface area contributed by atoms with Crippen LogP contribution >= 0.6 is 0 Å². The van der Waals surface area contributed by atoms with Gasteiger partial charge >= 0.3 is 5.97 Å². The van der Waals surface area contributed by atoms with Gasteiger partial charge < -0.3 is 10.5 Å². The average molecular weight is 317 g/mol. The minimum Gasteiger partial charge on any atom is -0.463 e. The smallest absolute Gasteiger partial charge is 0.327 e. The molecule has 0 aliphatic rings. The van der Waals surface area contributed by atoms with Gasteiger partial charge in [-0.15, -0.1) is 0 Å². The summed E-state index contributed by atoms with van der Waals surface area (Å²) < 4.78 is 29.3. The maximum atomic E-state index is 11.9. The Morgan fingerprint density at radius 2 is 1.90 bits per heavy atom. The van der Waals surface area contributed by atoms with Gasteiger partial charge in [0.15, 0.2) is 9.84 Å². The lowest BCUT2D eigenvalue weighted by molar-refractivity contribution is -0.143. The third-order valence-corrected chi connectivity index (χ3v) is 5.83. The average Bonchev–Trinajstić information content (AvgIpc) is 2.55. The second-order valence-electron chi connectivity index (χ2n) is 5.89. The third kappa shape index (κ3) is 4.20. The molecule has 0 fully saturated rings. The number of aromatic nitrogens is 2. The lowest BCUT2D eigenvalue weighted by Gasteiger charge is -2.18. The topological polar surface area (TPSA) is 104 Å². The second kappa shape index (κ2) is 6.05. The van der Waals surface area contributed by atoms with Crippen LogP contribution in [0.5, 0.6) is 0 Å². The fraction of sp³-hybridized carbons (Fsp3) is 0.692. The van der Waals surface area contributed by atoms with E-state index >= 15 is 0 Å². The van der Waals surface area contributed by atoms with Crippen LogP contribution in [0, 0.1) is 13.8 Å². The molecule has 2 N–H and O–H groups in total. The Bertz CT molecular complexity index is 627. The number of rotatable bonds is 5. The molecule has 0 spiro atoms. The zero-order chi connectivity index (χ0) is 16.4. The molecule has 120 valence electrons. The van der Waals surface area contributed by atoms with Crippen LogP contribution in [-0.4, -0.2) is 41.3 Å². The molecule has 0 unspecified atom stereocenters. The molecule has 0 saturated carbocycles. The number of nitrogens with two attached hydrogens (primary N) is 1. The van der Waals surface area contributed by atoms with Gasteiger partial charge in [0.25, 0.3) is 0 Å². The second-order valence-corrected chi connectivity index (χ2v) is 8.76. The van der Waals surface area contributed by atoms with E-state index in [1.165, 1.54) is 4.68 Å². The van der Waals surface area contributed by atoms with Crippen molar-refractivity contribution in [2.45, 2.75) is 45.9 Å². The Labute approximate surface area is 125 Å². The molecule has 0 amide bonds. The van der Waals surface area contributed by atoms with Crippen LogP contribution in [0.4, 0.5) is 5.69 Å². The molecule has 0 aliphatic carbocycles. The van der Waals surface area contributed by atoms with Gasteiger partial charge in [-0.25, -0.2) is 8.42 Å². The summed E-state index contributed by atoms with van der Waals surface area (Å²) in [6, 6.07) is 0. The van der Waals surface area contributed by atoms with Crippen LogP contribution in [0.3, 0.4) is 0 Å². The van der Waals surface area contributed by atoms with E-state index in [0.29, 0.717) is 17.1 Å². The molecule has 0 radical (unpaired) electrons. The Morgan fingerprint density at radius 3 is 2.33 bits per heavy atom. The van der Waals surface area contributed by atoms with Gasteiger partial charge in [0.1, 0.15) is 13.2 Å². The molecule has 1 heterocycles. The molecule has 7 nitrogen and oxygen atoms in total. The summed E-state index contributed by atoms with van der Waals surface area (Å²) in [4.78, 5) is 11.7. The number of sulfone groups is 1. The van der Waals surface area contributed by atoms with Crippen molar-refractivity contribution in [1.29, 1.82) is 0 Å². The quantitative estimate of drug-likeness (QED) is 0.807. The van der Waals surface area contributed by atoms with Crippen molar-refractivity contribution < 1.29 is 17.9 Å². The summed E-state index contributed by atoms with van der Waals surface area (Å²) in [6.45, 7) is 8.10. The lowest BCUT2D eigenvalue weighted by Crippen LogP contribution is -2.32. The molecule has 0 atom stereocenters. The van der Waals surface area contributed by atoms with Crippen molar-refractivity contribution in [2.75, 3.05) is 18.1 Å². The molecule has 1 aromatic rings. The van der Waals surface area contributed by atoms with Gasteiger partial charge in [0.2, 0.25) is 0 Å². The first-order chi connectivity index (χ1) is 9.45. The van der Waals surface area contributed by atoms with E-state index in [1.54, 1.807) is 34.6 Å². The maximum absolute atomic E-state index is 11.9. The summed E-state index contributed by atoms with van der Waals surface area (Å²) in [5, 5.41) is 4.12. The van der Waals surface area contributed by atoms with Crippen LogP contribution < -0.4 is 5.73 Å². The zero-order valence-corrected chi connectivity index (χ0v) is 14.0. The molecule has 0 saturated heterocycles. The van der Waals surface area contributed by atoms with Crippen molar-refractivity contribution in [3.63, 3.8) is 0 Å². The standard InChI is InChI=1S/C13H23N3O4S/c1-9-12(14)10(2)16(15-9)8-11(17)20-6-7-21(18,19)13(3,4)5/h6-8,14H2,1-5H3. The van der Waals surface area contributed by atoms with Crippen molar-refractivity contribution in [2.24, 2.45) is 0 Å². The summed E-state index contributed by atoms with van der Waals surface area (Å²) in [7, 11) is -3.30. The van der Waals surface area contributed by atoms with Crippen LogP contribution in [0.15, 0.2) is 0 Å². The molecule has 8 heteroatoms. The fourth-order valence-corrected chi connectivity index (χ4v) is 2.52. The number of anilines is 1. The molecule has 21 heavy (non-hydrogen) atoms. The Morgan fingerprint density at radius 1 is 1.33 bits per heavy atom. The predicted molar refractivity (Wildman–Crippen MR) is 80.6 cm³/mol. The minimum atomic E-state index is -3.30. The van der Waals surface area contributed by atoms with Crippen molar-refractivity contribution in [3.05, 3.63) is 11.4 Å². The number of esters is 1. The molecule has 0 aliphatic heterocycles. The van der Waals surface area contributed by atoms with Gasteiger partial charge in [0.05, 0.1) is 27.6 Å². The number of carbonyl (C=O) groups excluding carboxylic acids is 1. The van der Waals surface area contributed by atoms with Crippen molar-refractivity contribution in [3.8, 4) is 0 Å². The van der Waals surface area contributed by atoms with E-state index in [9.17, 15) is 13.2 Å². The molecular weight excluding hydrogens is 294 g/mol. The fourth-order valence-electron chi connectivity index (χ4n) is 1.60. The van der Waals surface area contributed by atoms with Gasteiger partial charge in [-0.3, -0.25) is 9.48 Å². The van der Waals surface area contributed by atoms with Crippen molar-refractivity contribution in [1.82, 2.24) is 9.78 Å². The highest BCUT2D eigenvalue weighted by Crippen LogP contribution is 2.16. The van der Waals surface area contributed by atoms with Gasteiger partial charge in [-0.2, -0.15) is 5.10 Å². The Kier molecular flexibility index (Phi) is 5.03. The lowest BCUT2D eigenvalue weighted by atomic mass is 10.3. The summed E-state index contributed by atoms with van der Waals surface area (Å²) in [6.07, 6.45) is 0. The first-order valence-electron chi connectivity index (χ1n) is 6.63. The highest BCUT2D eigenvalue weighted by molar-refractivity contribution is 7.92. The molecule has 1 aromatic heterocycles. The third-order valence-electron chi connectivity index (χ3n) is 3.26. The number of nitrogen functional groups attached to an aromatic ring is 1. The van der Waals surface area contributed by atoms with E-state index in [2.05, 4.69) is 5.10 Å². The number of aryl methyl sites for hydroxylation is 1. The molecular formula is C13H23N3O4S. The van der Waals surface area contributed by atoms with E-state index in [0.717, 1.165) is 0 Å². The van der Waals surface area contributed by atoms with Gasteiger partial charge in [-0.05, 0) is 34.6 Å². The number of nitrogens with zero attached hydrogens (tertiary/aromatic N) is 2.